The molecule has 158 valence electrons. The molecule has 1 N–H and O–H groups in total. The Hall–Kier alpha value is -2.21. The van der Waals surface area contributed by atoms with Crippen molar-refractivity contribution in [2.75, 3.05) is 6.61 Å². The molecular weight excluding hydrogens is 366 g/mol. The Morgan fingerprint density at radius 3 is 2.72 bits per heavy atom. The molecule has 2 atom stereocenters. The van der Waals surface area contributed by atoms with Crippen molar-refractivity contribution in [1.29, 1.82) is 0 Å². The molecule has 1 amide bonds. The molecular formula is C23H33N3O3. The van der Waals surface area contributed by atoms with Gasteiger partial charge in [-0.25, -0.2) is 0 Å². The summed E-state index contributed by atoms with van der Waals surface area (Å²) in [7, 11) is 0. The van der Waals surface area contributed by atoms with E-state index in [1.54, 1.807) is 0 Å². The minimum atomic E-state index is 0.0180. The first-order valence-corrected chi connectivity index (χ1v) is 10.8. The lowest BCUT2D eigenvalue weighted by Gasteiger charge is -2.32. The number of aryl methyl sites for hydroxylation is 2. The topological polar surface area (TPSA) is 77.2 Å². The third-order valence-electron chi connectivity index (χ3n) is 5.41. The Bertz CT molecular complexity index is 770. The first-order valence-electron chi connectivity index (χ1n) is 10.8. The van der Waals surface area contributed by atoms with Crippen LogP contribution in [0.1, 0.15) is 63.8 Å². The number of benzene rings is 1. The van der Waals surface area contributed by atoms with Crippen LogP contribution in [-0.4, -0.2) is 34.9 Å². The van der Waals surface area contributed by atoms with Crippen molar-refractivity contribution in [2.45, 2.75) is 77.9 Å². The largest absolute Gasteiger partial charge is 0.421 e. The Morgan fingerprint density at radius 1 is 1.21 bits per heavy atom. The second-order valence-corrected chi connectivity index (χ2v) is 8.42. The predicted octanol–water partition coefficient (Wildman–Crippen LogP) is 4.47. The summed E-state index contributed by atoms with van der Waals surface area (Å²) in [5.74, 6) is 1.63. The highest BCUT2D eigenvalue weighted by Gasteiger charge is 2.27. The van der Waals surface area contributed by atoms with Gasteiger partial charge in [0.2, 0.25) is 17.7 Å². The average molecular weight is 400 g/mol. The van der Waals surface area contributed by atoms with E-state index in [1.807, 2.05) is 31.2 Å². The molecule has 0 radical (unpaired) electrons. The number of nitrogens with one attached hydrogen (secondary N) is 1. The van der Waals surface area contributed by atoms with Crippen LogP contribution < -0.4 is 5.32 Å². The number of ether oxygens (including phenoxy) is 1. The number of carbonyl (C=O) groups is 1. The summed E-state index contributed by atoms with van der Waals surface area (Å²) in [6.45, 7) is 7.20. The third kappa shape index (κ3) is 6.67. The zero-order valence-corrected chi connectivity index (χ0v) is 17.8. The van der Waals surface area contributed by atoms with Gasteiger partial charge >= 0.3 is 0 Å². The fourth-order valence-electron chi connectivity index (χ4n) is 3.58. The van der Waals surface area contributed by atoms with Crippen molar-refractivity contribution in [3.63, 3.8) is 0 Å². The van der Waals surface area contributed by atoms with Crippen LogP contribution in [0.3, 0.4) is 0 Å². The fraction of sp³-hybridized carbons (Fsp3) is 0.609. The summed E-state index contributed by atoms with van der Waals surface area (Å²) in [5.41, 5.74) is 2.07. The number of aromatic nitrogens is 2. The van der Waals surface area contributed by atoms with E-state index in [1.165, 1.54) is 12.0 Å². The molecule has 1 saturated carbocycles. The van der Waals surface area contributed by atoms with E-state index in [-0.39, 0.29) is 18.1 Å². The van der Waals surface area contributed by atoms with Gasteiger partial charge in [0, 0.05) is 25.0 Å². The van der Waals surface area contributed by atoms with Crippen LogP contribution in [0, 0.1) is 12.8 Å². The van der Waals surface area contributed by atoms with Crippen LogP contribution in [0.4, 0.5) is 0 Å². The highest BCUT2D eigenvalue weighted by molar-refractivity contribution is 5.76. The van der Waals surface area contributed by atoms with Gasteiger partial charge < -0.3 is 14.5 Å². The van der Waals surface area contributed by atoms with Gasteiger partial charge in [-0.1, -0.05) is 44.4 Å². The summed E-state index contributed by atoms with van der Waals surface area (Å²) >= 11 is 0. The second kappa shape index (κ2) is 10.5. The van der Waals surface area contributed by atoms with Crippen molar-refractivity contribution < 1.29 is 13.9 Å². The van der Waals surface area contributed by atoms with Crippen LogP contribution in [0.25, 0.3) is 11.5 Å². The molecule has 0 spiro atoms. The molecule has 1 aliphatic carbocycles. The van der Waals surface area contributed by atoms with Crippen LogP contribution in [-0.2, 0) is 16.0 Å². The first-order chi connectivity index (χ1) is 14.0. The maximum atomic E-state index is 12.5. The summed E-state index contributed by atoms with van der Waals surface area (Å²) in [4.78, 5) is 12.5. The van der Waals surface area contributed by atoms with E-state index < -0.39 is 0 Å². The lowest BCUT2D eigenvalue weighted by atomic mass is 9.92. The smallest absolute Gasteiger partial charge is 0.247 e. The van der Waals surface area contributed by atoms with Gasteiger partial charge in [0.25, 0.3) is 0 Å². The molecule has 29 heavy (non-hydrogen) atoms. The zero-order chi connectivity index (χ0) is 20.6. The monoisotopic (exact) mass is 399 g/mol. The van der Waals surface area contributed by atoms with Gasteiger partial charge in [-0.15, -0.1) is 10.2 Å². The lowest BCUT2D eigenvalue weighted by Crippen LogP contribution is -2.46. The van der Waals surface area contributed by atoms with E-state index in [2.05, 4.69) is 29.4 Å². The molecule has 2 aromatic rings. The normalized spacial score (nSPS) is 19.4. The molecule has 6 nitrogen and oxygen atoms in total. The molecule has 0 saturated heterocycles. The number of hydrogen-bond acceptors (Lipinski definition) is 5. The van der Waals surface area contributed by atoms with Crippen molar-refractivity contribution >= 4 is 5.91 Å². The van der Waals surface area contributed by atoms with Crippen molar-refractivity contribution in [3.05, 3.63) is 35.7 Å². The summed E-state index contributed by atoms with van der Waals surface area (Å²) in [6, 6.07) is 8.05. The summed E-state index contributed by atoms with van der Waals surface area (Å²) in [5, 5.41) is 11.4. The van der Waals surface area contributed by atoms with Gasteiger partial charge in [-0.3, -0.25) is 4.79 Å². The quantitative estimate of drug-likeness (QED) is 0.673. The number of nitrogens with zero attached hydrogens (tertiary/aromatic N) is 2. The van der Waals surface area contributed by atoms with Gasteiger partial charge in [0.1, 0.15) is 0 Å². The van der Waals surface area contributed by atoms with Crippen LogP contribution in [0.15, 0.2) is 28.7 Å². The minimum absolute atomic E-state index is 0.0180. The molecule has 1 aromatic carbocycles. The molecule has 1 aromatic heterocycles. The third-order valence-corrected chi connectivity index (χ3v) is 5.41. The van der Waals surface area contributed by atoms with Gasteiger partial charge in [0.15, 0.2) is 0 Å². The van der Waals surface area contributed by atoms with E-state index in [4.69, 9.17) is 9.15 Å². The maximum Gasteiger partial charge on any atom is 0.247 e. The molecule has 6 heteroatoms. The lowest BCUT2D eigenvalue weighted by molar-refractivity contribution is -0.123. The van der Waals surface area contributed by atoms with Gasteiger partial charge in [0.05, 0.1) is 12.1 Å². The second-order valence-electron chi connectivity index (χ2n) is 8.42. The van der Waals surface area contributed by atoms with Gasteiger partial charge in [-0.2, -0.15) is 0 Å². The molecule has 0 aliphatic heterocycles. The van der Waals surface area contributed by atoms with Crippen molar-refractivity contribution in [3.8, 4) is 11.5 Å². The Morgan fingerprint density at radius 2 is 1.97 bits per heavy atom. The number of rotatable bonds is 9. The van der Waals surface area contributed by atoms with E-state index in [0.717, 1.165) is 37.9 Å². The van der Waals surface area contributed by atoms with E-state index in [9.17, 15) is 4.79 Å². The number of carbonyl (C=O) groups excluding carboxylic acids is 1. The number of hydrogen-bond donors (Lipinski definition) is 1. The number of amides is 1. The molecule has 0 unspecified atom stereocenters. The summed E-state index contributed by atoms with van der Waals surface area (Å²) < 4.78 is 11.8. The molecule has 3 rings (SSSR count). The molecule has 1 heterocycles. The Kier molecular flexibility index (Phi) is 7.81. The highest BCUT2D eigenvalue weighted by atomic mass is 16.5. The first kappa shape index (κ1) is 21.5. The Balaban J connectivity index is 1.47. The van der Waals surface area contributed by atoms with Crippen LogP contribution in [0.2, 0.25) is 0 Å². The molecule has 0 bridgehead atoms. The minimum Gasteiger partial charge on any atom is -0.421 e. The standard InChI is InChI=1S/C23H33N3O3/c1-16(2)14-15-28-20-7-5-4-6-19(20)24-21(27)12-13-22-25-26-23(29-22)18-10-8-17(3)9-11-18/h8-11,16,19-20H,4-7,12-15H2,1-3H3,(H,24,27)/t19-,20+/m1/s1. The maximum absolute atomic E-state index is 12.5. The predicted molar refractivity (Wildman–Crippen MR) is 112 cm³/mol. The van der Waals surface area contributed by atoms with Crippen molar-refractivity contribution in [2.24, 2.45) is 5.92 Å². The van der Waals surface area contributed by atoms with E-state index in [0.29, 0.717) is 30.5 Å². The Labute approximate surface area is 173 Å². The van der Waals surface area contributed by atoms with E-state index >= 15 is 0 Å². The van der Waals surface area contributed by atoms with Gasteiger partial charge in [-0.05, 0) is 44.2 Å². The van der Waals surface area contributed by atoms with Crippen LogP contribution in [0.5, 0.6) is 0 Å². The highest BCUT2D eigenvalue weighted by Crippen LogP contribution is 2.22. The SMILES string of the molecule is Cc1ccc(-c2nnc(CCC(=O)N[C@@H]3CCCC[C@@H]3OCCC(C)C)o2)cc1. The molecule has 1 aliphatic rings. The summed E-state index contributed by atoms with van der Waals surface area (Å²) in [6.07, 6.45) is 6.27. The molecule has 1 fully saturated rings. The average Bonchev–Trinajstić information content (AvgIpc) is 3.17. The van der Waals surface area contributed by atoms with Crippen LogP contribution >= 0.6 is 0 Å². The van der Waals surface area contributed by atoms with Crippen molar-refractivity contribution in [1.82, 2.24) is 15.5 Å². The zero-order valence-electron chi connectivity index (χ0n) is 17.8. The fourth-order valence-corrected chi connectivity index (χ4v) is 3.58.